The third kappa shape index (κ3) is 4.59. The van der Waals surface area contributed by atoms with Crippen molar-refractivity contribution >= 4 is 52.5 Å². The molecule has 0 radical (unpaired) electrons. The lowest BCUT2D eigenvalue weighted by Gasteiger charge is -2.35. The van der Waals surface area contributed by atoms with Crippen molar-refractivity contribution in [3.05, 3.63) is 83.0 Å². The van der Waals surface area contributed by atoms with Crippen LogP contribution in [0.2, 0.25) is 10.0 Å². The summed E-state index contributed by atoms with van der Waals surface area (Å²) in [5.74, 6) is 0.762. The molecule has 2 N–H and O–H groups in total. The van der Waals surface area contributed by atoms with Crippen LogP contribution >= 0.6 is 23.2 Å². The number of hydrogen-bond donors (Lipinski definition) is 1. The first-order chi connectivity index (χ1) is 19.2. The predicted molar refractivity (Wildman–Crippen MR) is 155 cm³/mol. The zero-order chi connectivity index (χ0) is 28.0. The largest absolute Gasteiger partial charge is 0.369 e. The number of piperidine rings is 1. The summed E-state index contributed by atoms with van der Waals surface area (Å²) in [6.45, 7) is 3.21. The average molecular weight is 576 g/mol. The first-order valence-electron chi connectivity index (χ1n) is 13.0. The van der Waals surface area contributed by atoms with E-state index in [-0.39, 0.29) is 17.7 Å². The van der Waals surface area contributed by atoms with Gasteiger partial charge >= 0.3 is 0 Å². The fraction of sp³-hybridized carbons (Fsp3) is 0.276. The van der Waals surface area contributed by atoms with Crippen molar-refractivity contribution < 1.29 is 9.59 Å². The van der Waals surface area contributed by atoms with E-state index < -0.39 is 5.54 Å². The van der Waals surface area contributed by atoms with Gasteiger partial charge in [-0.2, -0.15) is 0 Å². The lowest BCUT2D eigenvalue weighted by atomic mass is 9.91. The number of imidazole rings is 1. The molecular formula is C29H27Cl2N7O2. The van der Waals surface area contributed by atoms with Crippen molar-refractivity contribution in [3.63, 3.8) is 0 Å². The summed E-state index contributed by atoms with van der Waals surface area (Å²) < 4.78 is 2.01. The molecule has 0 saturated carbocycles. The Morgan fingerprint density at radius 3 is 2.27 bits per heavy atom. The maximum absolute atomic E-state index is 14.3. The minimum atomic E-state index is -0.992. The first-order valence-corrected chi connectivity index (χ1v) is 13.8. The molecule has 0 unspecified atom stereocenters. The number of anilines is 3. The van der Waals surface area contributed by atoms with Gasteiger partial charge in [-0.05, 0) is 49.1 Å². The van der Waals surface area contributed by atoms with Crippen LogP contribution in [0.1, 0.15) is 25.3 Å². The molecule has 4 aromatic rings. The number of nitrogens with two attached hydrogens (primary N) is 1. The van der Waals surface area contributed by atoms with Crippen LogP contribution in [0.4, 0.5) is 17.5 Å². The molecule has 4 heterocycles. The maximum Gasteiger partial charge on any atom is 0.260 e. The molecule has 0 spiro atoms. The van der Waals surface area contributed by atoms with Crippen LogP contribution in [0.15, 0.2) is 67.4 Å². The van der Waals surface area contributed by atoms with Gasteiger partial charge in [0, 0.05) is 53.4 Å². The molecule has 2 aliphatic rings. The number of carbonyl (C=O) groups is 2. The van der Waals surface area contributed by atoms with Crippen LogP contribution in [0.3, 0.4) is 0 Å². The second-order valence-electron chi connectivity index (χ2n) is 10.5. The van der Waals surface area contributed by atoms with Gasteiger partial charge in [0.25, 0.3) is 5.91 Å². The number of amides is 2. The number of carbonyl (C=O) groups excluding carboxylic acids is 2. The van der Waals surface area contributed by atoms with E-state index in [1.165, 1.54) is 6.33 Å². The summed E-state index contributed by atoms with van der Waals surface area (Å²) in [5, 5.41) is 0.854. The molecule has 0 aliphatic carbocycles. The van der Waals surface area contributed by atoms with Crippen molar-refractivity contribution in [2.24, 2.45) is 11.7 Å². The second kappa shape index (κ2) is 10.2. The third-order valence-corrected chi connectivity index (χ3v) is 8.24. The number of halogens is 2. The number of primary amides is 1. The Morgan fingerprint density at radius 2 is 1.65 bits per heavy atom. The minimum absolute atomic E-state index is 0.136. The molecule has 40 heavy (non-hydrogen) atoms. The number of aromatic nitrogens is 4. The molecule has 9 nitrogen and oxygen atoms in total. The number of rotatable bonds is 6. The highest BCUT2D eigenvalue weighted by Crippen LogP contribution is 2.46. The molecule has 1 fully saturated rings. The fourth-order valence-electron chi connectivity index (χ4n) is 5.72. The Labute approximate surface area is 241 Å². The van der Waals surface area contributed by atoms with Crippen LogP contribution < -0.4 is 15.5 Å². The SMILES string of the molecule is C[C@@]1(Cc2ccc(-c3cncnc3)cc2)C(=O)N(c2cc(Cl)cc(Cl)c2)c2ncc(N3CCC(C(N)=O)CC3)n21. The fourth-order valence-corrected chi connectivity index (χ4v) is 6.24. The monoisotopic (exact) mass is 575 g/mol. The molecule has 2 aromatic carbocycles. The standard InChI is InChI=1S/C29H27Cl2N7O2/c1-29(13-18-2-4-19(5-3-18)21-14-33-17-34-15-21)27(40)37(24-11-22(30)10-23(31)12-24)28-35-16-25(38(28)29)36-8-6-20(7-9-36)26(32)39/h2-5,10-12,14-17,20H,6-9,13H2,1H3,(H2,32,39)/t29-/m1/s1. The maximum atomic E-state index is 14.3. The van der Waals surface area contributed by atoms with E-state index in [0.29, 0.717) is 54.0 Å². The minimum Gasteiger partial charge on any atom is -0.369 e. The van der Waals surface area contributed by atoms with Gasteiger partial charge in [-0.1, -0.05) is 47.5 Å². The first kappa shape index (κ1) is 26.3. The molecule has 2 aromatic heterocycles. The van der Waals surface area contributed by atoms with E-state index in [1.807, 2.05) is 35.8 Å². The lowest BCUT2D eigenvalue weighted by molar-refractivity contribution is -0.124. The average Bonchev–Trinajstić information content (AvgIpc) is 3.47. The van der Waals surface area contributed by atoms with E-state index in [9.17, 15) is 9.59 Å². The van der Waals surface area contributed by atoms with E-state index in [4.69, 9.17) is 33.9 Å². The quantitative estimate of drug-likeness (QED) is 0.347. The smallest absolute Gasteiger partial charge is 0.260 e. The van der Waals surface area contributed by atoms with Gasteiger partial charge in [-0.15, -0.1) is 0 Å². The number of fused-ring (bicyclic) bond motifs is 1. The summed E-state index contributed by atoms with van der Waals surface area (Å²) in [5.41, 5.74) is 8.02. The molecular weight excluding hydrogens is 549 g/mol. The highest BCUT2D eigenvalue weighted by atomic mass is 35.5. The van der Waals surface area contributed by atoms with E-state index in [2.05, 4.69) is 14.9 Å². The highest BCUT2D eigenvalue weighted by molar-refractivity contribution is 6.35. The molecule has 1 saturated heterocycles. The van der Waals surface area contributed by atoms with Crippen molar-refractivity contribution in [2.45, 2.75) is 31.7 Å². The van der Waals surface area contributed by atoms with Gasteiger partial charge in [0.15, 0.2) is 0 Å². The van der Waals surface area contributed by atoms with Crippen LogP contribution in [0, 0.1) is 5.92 Å². The van der Waals surface area contributed by atoms with Gasteiger partial charge in [-0.3, -0.25) is 14.2 Å². The molecule has 11 heteroatoms. The Kier molecular flexibility index (Phi) is 6.72. The Balaban J connectivity index is 1.39. The van der Waals surface area contributed by atoms with Gasteiger partial charge in [0.1, 0.15) is 17.7 Å². The van der Waals surface area contributed by atoms with E-state index in [0.717, 1.165) is 22.5 Å². The molecule has 2 aliphatic heterocycles. The molecule has 6 rings (SSSR count). The normalized spacial score (nSPS) is 19.2. The highest BCUT2D eigenvalue weighted by Gasteiger charge is 2.51. The van der Waals surface area contributed by atoms with Crippen molar-refractivity contribution in [1.82, 2.24) is 19.5 Å². The lowest BCUT2D eigenvalue weighted by Crippen LogP contribution is -2.44. The summed E-state index contributed by atoms with van der Waals surface area (Å²) in [4.78, 5) is 42.8. The second-order valence-corrected chi connectivity index (χ2v) is 11.3. The molecule has 0 bridgehead atoms. The van der Waals surface area contributed by atoms with Crippen LogP contribution in [-0.4, -0.2) is 44.4 Å². The van der Waals surface area contributed by atoms with E-state index in [1.54, 1.807) is 41.7 Å². The predicted octanol–water partition coefficient (Wildman–Crippen LogP) is 4.98. The van der Waals surface area contributed by atoms with Gasteiger partial charge in [0.05, 0.1) is 11.9 Å². The summed E-state index contributed by atoms with van der Waals surface area (Å²) in [6, 6.07) is 13.1. The Morgan fingerprint density at radius 1 is 1.00 bits per heavy atom. The Bertz CT molecular complexity index is 1560. The topological polar surface area (TPSA) is 110 Å². The number of nitrogens with zero attached hydrogens (tertiary/aromatic N) is 6. The van der Waals surface area contributed by atoms with Gasteiger partial charge < -0.3 is 10.6 Å². The van der Waals surface area contributed by atoms with Gasteiger partial charge in [-0.25, -0.2) is 19.9 Å². The summed E-state index contributed by atoms with van der Waals surface area (Å²) in [7, 11) is 0. The van der Waals surface area contributed by atoms with Crippen molar-refractivity contribution in [1.29, 1.82) is 0 Å². The number of benzene rings is 2. The summed E-state index contributed by atoms with van der Waals surface area (Å²) >= 11 is 12.7. The van der Waals surface area contributed by atoms with Gasteiger partial charge in [0.2, 0.25) is 11.9 Å². The third-order valence-electron chi connectivity index (χ3n) is 7.80. The zero-order valence-electron chi connectivity index (χ0n) is 21.8. The number of hydrogen-bond acceptors (Lipinski definition) is 6. The molecule has 1 atom stereocenters. The van der Waals surface area contributed by atoms with Crippen molar-refractivity contribution in [3.8, 4) is 11.1 Å². The van der Waals surface area contributed by atoms with Crippen LogP contribution in [0.25, 0.3) is 11.1 Å². The molecule has 2 amide bonds. The van der Waals surface area contributed by atoms with Crippen LogP contribution in [-0.2, 0) is 21.5 Å². The van der Waals surface area contributed by atoms with Crippen molar-refractivity contribution in [2.75, 3.05) is 22.9 Å². The summed E-state index contributed by atoms with van der Waals surface area (Å²) in [6.07, 6.45) is 8.56. The molecule has 204 valence electrons. The zero-order valence-corrected chi connectivity index (χ0v) is 23.3. The Hall–Kier alpha value is -3.95. The van der Waals surface area contributed by atoms with Crippen LogP contribution in [0.5, 0.6) is 0 Å². The van der Waals surface area contributed by atoms with E-state index >= 15 is 0 Å².